The highest BCUT2D eigenvalue weighted by atomic mass is 16.2. The van der Waals surface area contributed by atoms with Crippen molar-refractivity contribution in [3.63, 3.8) is 0 Å². The maximum absolute atomic E-state index is 11.5. The van der Waals surface area contributed by atoms with E-state index >= 15 is 0 Å². The van der Waals surface area contributed by atoms with E-state index < -0.39 is 0 Å². The topological polar surface area (TPSA) is 57.1 Å². The van der Waals surface area contributed by atoms with Gasteiger partial charge in [0.25, 0.3) is 5.91 Å². The van der Waals surface area contributed by atoms with Crippen molar-refractivity contribution >= 4 is 17.5 Å². The minimum Gasteiger partial charge on any atom is -0.271 e. The Morgan fingerprint density at radius 2 is 1.67 bits per heavy atom. The van der Waals surface area contributed by atoms with Crippen LogP contribution in [-0.2, 0) is 4.79 Å². The Morgan fingerprint density at radius 3 is 2.48 bits per heavy atom. The minimum atomic E-state index is -0.158. The van der Waals surface area contributed by atoms with Gasteiger partial charge in [-0.3, -0.25) is 4.79 Å². The Morgan fingerprint density at radius 1 is 0.952 bits per heavy atom. The molecular weight excluding hydrogens is 264 g/mol. The van der Waals surface area contributed by atoms with E-state index in [1.165, 1.54) is 0 Å². The van der Waals surface area contributed by atoms with Gasteiger partial charge >= 0.3 is 0 Å². The Kier molecular flexibility index (Phi) is 2.57. The molecule has 0 spiro atoms. The standard InChI is InChI=1S/C16H12N4O/c21-14-10-20-16(18-17-14)13-9-5-4-8-12(13)15(19-20)11-6-2-1-3-7-11/h1-9H,10H2,(H,17,21). The van der Waals surface area contributed by atoms with Crippen LogP contribution in [0.5, 0.6) is 0 Å². The first kappa shape index (κ1) is 11.8. The predicted molar refractivity (Wildman–Crippen MR) is 79.9 cm³/mol. The molecule has 0 atom stereocenters. The maximum atomic E-state index is 11.5. The molecule has 2 aliphatic heterocycles. The summed E-state index contributed by atoms with van der Waals surface area (Å²) in [6.45, 7) is 0.184. The Labute approximate surface area is 121 Å². The second-order valence-electron chi connectivity index (χ2n) is 4.89. The van der Waals surface area contributed by atoms with Crippen molar-refractivity contribution in [3.05, 3.63) is 71.3 Å². The third kappa shape index (κ3) is 1.90. The highest BCUT2D eigenvalue weighted by molar-refractivity contribution is 6.22. The van der Waals surface area contributed by atoms with Crippen molar-refractivity contribution in [1.82, 2.24) is 10.4 Å². The molecule has 1 N–H and O–H groups in total. The van der Waals surface area contributed by atoms with E-state index in [-0.39, 0.29) is 12.5 Å². The van der Waals surface area contributed by atoms with Crippen LogP contribution < -0.4 is 5.43 Å². The van der Waals surface area contributed by atoms with E-state index in [1.54, 1.807) is 5.01 Å². The van der Waals surface area contributed by atoms with Crippen LogP contribution >= 0.6 is 0 Å². The number of benzene rings is 2. The van der Waals surface area contributed by atoms with E-state index in [9.17, 15) is 4.79 Å². The number of amidine groups is 1. The largest absolute Gasteiger partial charge is 0.271 e. The monoisotopic (exact) mass is 276 g/mol. The molecule has 0 radical (unpaired) electrons. The van der Waals surface area contributed by atoms with Crippen molar-refractivity contribution < 1.29 is 4.79 Å². The normalized spacial score (nSPS) is 16.4. The fourth-order valence-corrected chi connectivity index (χ4v) is 2.57. The van der Waals surface area contributed by atoms with Gasteiger partial charge in [-0.05, 0) is 0 Å². The zero-order valence-electron chi connectivity index (χ0n) is 11.2. The van der Waals surface area contributed by atoms with Crippen LogP contribution in [0.2, 0.25) is 0 Å². The summed E-state index contributed by atoms with van der Waals surface area (Å²) >= 11 is 0. The lowest BCUT2D eigenvalue weighted by Gasteiger charge is -2.30. The summed E-state index contributed by atoms with van der Waals surface area (Å²) in [7, 11) is 0. The van der Waals surface area contributed by atoms with Gasteiger partial charge in [0, 0.05) is 16.7 Å². The summed E-state index contributed by atoms with van der Waals surface area (Å²) in [5.41, 5.74) is 6.40. The summed E-state index contributed by atoms with van der Waals surface area (Å²) in [6.07, 6.45) is 0. The minimum absolute atomic E-state index is 0.158. The average Bonchev–Trinajstić information content (AvgIpc) is 2.54. The summed E-state index contributed by atoms with van der Waals surface area (Å²) in [5.74, 6) is 0.527. The lowest BCUT2D eigenvalue weighted by atomic mass is 9.95. The quantitative estimate of drug-likeness (QED) is 0.859. The number of amides is 1. The van der Waals surface area contributed by atoms with Gasteiger partial charge in [0.2, 0.25) is 0 Å². The molecule has 2 aromatic carbocycles. The van der Waals surface area contributed by atoms with Crippen LogP contribution in [0.3, 0.4) is 0 Å². The molecule has 0 aliphatic carbocycles. The molecule has 0 saturated heterocycles. The molecule has 0 saturated carbocycles. The number of rotatable bonds is 1. The number of hydrogen-bond acceptors (Lipinski definition) is 4. The van der Waals surface area contributed by atoms with Crippen molar-refractivity contribution in [2.24, 2.45) is 10.2 Å². The van der Waals surface area contributed by atoms with Gasteiger partial charge < -0.3 is 0 Å². The molecule has 5 heteroatoms. The maximum Gasteiger partial charge on any atom is 0.261 e. The van der Waals surface area contributed by atoms with Crippen molar-refractivity contribution in [2.75, 3.05) is 6.54 Å². The van der Waals surface area contributed by atoms with Gasteiger partial charge in [-0.2, -0.15) is 10.2 Å². The molecule has 0 aromatic heterocycles. The smallest absolute Gasteiger partial charge is 0.261 e. The molecule has 1 amide bonds. The van der Waals surface area contributed by atoms with E-state index in [1.807, 2.05) is 54.6 Å². The molecule has 0 bridgehead atoms. The van der Waals surface area contributed by atoms with Crippen LogP contribution in [-0.4, -0.2) is 29.0 Å². The number of carbonyl (C=O) groups excluding carboxylic acids is 1. The first-order chi connectivity index (χ1) is 10.3. The molecule has 0 unspecified atom stereocenters. The first-order valence-electron chi connectivity index (χ1n) is 6.71. The van der Waals surface area contributed by atoms with Gasteiger partial charge in [0.1, 0.15) is 6.54 Å². The molecule has 0 fully saturated rings. The van der Waals surface area contributed by atoms with Crippen molar-refractivity contribution in [3.8, 4) is 0 Å². The molecule has 5 nitrogen and oxygen atoms in total. The van der Waals surface area contributed by atoms with Crippen LogP contribution in [0, 0.1) is 0 Å². The highest BCUT2D eigenvalue weighted by Gasteiger charge is 2.29. The van der Waals surface area contributed by atoms with Crippen LogP contribution in [0.15, 0.2) is 64.8 Å². The highest BCUT2D eigenvalue weighted by Crippen LogP contribution is 2.24. The molecule has 2 aliphatic rings. The fraction of sp³-hybridized carbons (Fsp3) is 0.0625. The second kappa shape index (κ2) is 4.56. The SMILES string of the molecule is O=C1CN2N=C(c3ccccc3)c3ccccc3C2=NN1. The molecule has 2 aromatic rings. The van der Waals surface area contributed by atoms with E-state index in [0.717, 1.165) is 22.4 Å². The number of fused-ring (bicyclic) bond motifs is 3. The van der Waals surface area contributed by atoms with Gasteiger partial charge in [-0.15, -0.1) is 0 Å². The van der Waals surface area contributed by atoms with Gasteiger partial charge in [-0.1, -0.05) is 54.6 Å². The Bertz CT molecular complexity index is 780. The van der Waals surface area contributed by atoms with Crippen molar-refractivity contribution in [1.29, 1.82) is 0 Å². The number of hydrogen-bond donors (Lipinski definition) is 1. The van der Waals surface area contributed by atoms with E-state index in [4.69, 9.17) is 0 Å². The van der Waals surface area contributed by atoms with E-state index in [0.29, 0.717) is 5.84 Å². The number of carbonyl (C=O) groups is 1. The molecule has 102 valence electrons. The van der Waals surface area contributed by atoms with Crippen LogP contribution in [0.1, 0.15) is 16.7 Å². The van der Waals surface area contributed by atoms with Gasteiger partial charge in [-0.25, -0.2) is 10.4 Å². The molecule has 21 heavy (non-hydrogen) atoms. The zero-order valence-corrected chi connectivity index (χ0v) is 11.2. The molecular formula is C16H12N4O. The zero-order chi connectivity index (χ0) is 14.2. The molecule has 4 rings (SSSR count). The van der Waals surface area contributed by atoms with E-state index in [2.05, 4.69) is 15.6 Å². The Hall–Kier alpha value is -2.95. The average molecular weight is 276 g/mol. The number of hydrazone groups is 2. The van der Waals surface area contributed by atoms with Crippen LogP contribution in [0.25, 0.3) is 0 Å². The van der Waals surface area contributed by atoms with Crippen LogP contribution in [0.4, 0.5) is 0 Å². The first-order valence-corrected chi connectivity index (χ1v) is 6.71. The van der Waals surface area contributed by atoms with Crippen molar-refractivity contribution in [2.45, 2.75) is 0 Å². The Balaban J connectivity index is 1.93. The number of nitrogens with one attached hydrogen (secondary N) is 1. The third-order valence-electron chi connectivity index (χ3n) is 3.52. The third-order valence-corrected chi connectivity index (χ3v) is 3.52. The lowest BCUT2D eigenvalue weighted by Crippen LogP contribution is -2.45. The fourth-order valence-electron chi connectivity index (χ4n) is 2.57. The lowest BCUT2D eigenvalue weighted by molar-refractivity contribution is -0.122. The summed E-state index contributed by atoms with van der Waals surface area (Å²) in [4.78, 5) is 11.5. The van der Waals surface area contributed by atoms with Gasteiger partial charge in [0.05, 0.1) is 5.71 Å². The predicted octanol–water partition coefficient (Wildman–Crippen LogP) is 1.55. The number of nitrogens with zero attached hydrogens (tertiary/aromatic N) is 3. The summed E-state index contributed by atoms with van der Waals surface area (Å²) in [6, 6.07) is 17.9. The molecule has 2 heterocycles. The van der Waals surface area contributed by atoms with Gasteiger partial charge in [0.15, 0.2) is 5.84 Å². The second-order valence-corrected chi connectivity index (χ2v) is 4.89. The summed E-state index contributed by atoms with van der Waals surface area (Å²) in [5, 5.41) is 10.4. The summed E-state index contributed by atoms with van der Waals surface area (Å²) < 4.78 is 0.